The van der Waals surface area contributed by atoms with Gasteiger partial charge in [-0.05, 0) is 35.5 Å². The van der Waals surface area contributed by atoms with Crippen LogP contribution in [0.15, 0.2) is 71.6 Å². The van der Waals surface area contributed by atoms with Crippen molar-refractivity contribution in [2.24, 2.45) is 0 Å². The number of imide groups is 1. The van der Waals surface area contributed by atoms with Crippen molar-refractivity contribution in [1.82, 2.24) is 4.90 Å². The number of thioether (sulfide) groups is 1. The summed E-state index contributed by atoms with van der Waals surface area (Å²) in [6, 6.07) is 17.7. The molecule has 3 aromatic carbocycles. The SMILES string of the molecule is COc1cc(/C=C2/SC(=O)N(Cc3ccccc3F)C2=O)c([N+](=O)[O-])cc1OCc1ccccc1. The monoisotopic (exact) mass is 494 g/mol. The number of ether oxygens (including phenoxy) is 2. The number of benzene rings is 3. The quantitative estimate of drug-likeness (QED) is 0.230. The molecule has 1 aliphatic rings. The number of hydrogen-bond acceptors (Lipinski definition) is 7. The minimum Gasteiger partial charge on any atom is -0.493 e. The van der Waals surface area contributed by atoms with Crippen molar-refractivity contribution in [2.75, 3.05) is 7.11 Å². The van der Waals surface area contributed by atoms with E-state index in [9.17, 15) is 24.1 Å². The molecular weight excluding hydrogens is 475 g/mol. The van der Waals surface area contributed by atoms with Crippen LogP contribution in [0.2, 0.25) is 0 Å². The summed E-state index contributed by atoms with van der Waals surface area (Å²) in [6.45, 7) is -0.0744. The van der Waals surface area contributed by atoms with E-state index in [0.29, 0.717) is 11.8 Å². The summed E-state index contributed by atoms with van der Waals surface area (Å²) in [7, 11) is 1.39. The molecule has 4 rings (SSSR count). The van der Waals surface area contributed by atoms with Crippen LogP contribution in [0, 0.1) is 15.9 Å². The lowest BCUT2D eigenvalue weighted by Crippen LogP contribution is -2.27. The number of nitrogens with zero attached hydrogens (tertiary/aromatic N) is 2. The molecule has 178 valence electrons. The van der Waals surface area contributed by atoms with Gasteiger partial charge in [-0.25, -0.2) is 4.39 Å². The second kappa shape index (κ2) is 10.4. The molecule has 0 unspecified atom stereocenters. The Balaban J connectivity index is 1.62. The zero-order valence-electron chi connectivity index (χ0n) is 18.5. The molecule has 0 saturated carbocycles. The van der Waals surface area contributed by atoms with Gasteiger partial charge in [-0.1, -0.05) is 48.5 Å². The Hall–Kier alpha value is -4.18. The van der Waals surface area contributed by atoms with Crippen molar-refractivity contribution in [3.63, 3.8) is 0 Å². The van der Waals surface area contributed by atoms with Crippen LogP contribution in [-0.2, 0) is 17.9 Å². The van der Waals surface area contributed by atoms with Gasteiger partial charge >= 0.3 is 0 Å². The Morgan fingerprint density at radius 3 is 2.46 bits per heavy atom. The Labute approximate surface area is 204 Å². The number of halogens is 1. The smallest absolute Gasteiger partial charge is 0.293 e. The van der Waals surface area contributed by atoms with Crippen molar-refractivity contribution >= 4 is 34.7 Å². The summed E-state index contributed by atoms with van der Waals surface area (Å²) < 4.78 is 25.1. The molecule has 1 aliphatic heterocycles. The highest BCUT2D eigenvalue weighted by molar-refractivity contribution is 8.18. The van der Waals surface area contributed by atoms with Crippen molar-refractivity contribution in [3.8, 4) is 11.5 Å². The summed E-state index contributed by atoms with van der Waals surface area (Å²) in [5.74, 6) is -0.820. The van der Waals surface area contributed by atoms with E-state index in [1.807, 2.05) is 30.3 Å². The molecule has 10 heteroatoms. The van der Waals surface area contributed by atoms with Crippen LogP contribution in [0.3, 0.4) is 0 Å². The first-order valence-corrected chi connectivity index (χ1v) is 11.2. The van der Waals surface area contributed by atoms with E-state index in [0.717, 1.165) is 10.5 Å². The Kier molecular flexibility index (Phi) is 7.11. The van der Waals surface area contributed by atoms with Gasteiger partial charge in [0.2, 0.25) is 0 Å². The predicted molar refractivity (Wildman–Crippen MR) is 128 cm³/mol. The van der Waals surface area contributed by atoms with Crippen molar-refractivity contribution < 1.29 is 28.4 Å². The molecule has 0 aromatic heterocycles. The first kappa shape index (κ1) is 24.0. The van der Waals surface area contributed by atoms with E-state index in [2.05, 4.69) is 0 Å². The van der Waals surface area contributed by atoms with E-state index in [-0.39, 0.29) is 46.4 Å². The molecule has 2 amide bonds. The van der Waals surface area contributed by atoms with Gasteiger partial charge in [0, 0.05) is 5.56 Å². The first-order valence-electron chi connectivity index (χ1n) is 10.4. The molecule has 0 radical (unpaired) electrons. The largest absolute Gasteiger partial charge is 0.493 e. The normalized spacial score (nSPS) is 14.5. The minimum absolute atomic E-state index is 0.0190. The second-order valence-electron chi connectivity index (χ2n) is 7.45. The fraction of sp³-hybridized carbons (Fsp3) is 0.120. The summed E-state index contributed by atoms with van der Waals surface area (Å²) >= 11 is 0.629. The minimum atomic E-state index is -0.666. The van der Waals surface area contributed by atoms with Crippen molar-refractivity contribution in [2.45, 2.75) is 13.2 Å². The molecule has 0 atom stereocenters. The maximum atomic E-state index is 14.0. The highest BCUT2D eigenvalue weighted by atomic mass is 32.2. The lowest BCUT2D eigenvalue weighted by Gasteiger charge is -2.13. The van der Waals surface area contributed by atoms with E-state index in [1.54, 1.807) is 6.07 Å². The average molecular weight is 495 g/mol. The molecule has 3 aromatic rings. The fourth-order valence-corrected chi connectivity index (χ4v) is 4.25. The Morgan fingerprint density at radius 1 is 1.06 bits per heavy atom. The molecular formula is C25H19FN2O6S. The highest BCUT2D eigenvalue weighted by Crippen LogP contribution is 2.39. The number of nitro groups is 1. The number of carbonyl (C=O) groups excluding carboxylic acids is 2. The molecule has 0 N–H and O–H groups in total. The maximum Gasteiger partial charge on any atom is 0.293 e. The third-order valence-corrected chi connectivity index (χ3v) is 6.10. The number of rotatable bonds is 8. The van der Waals surface area contributed by atoms with E-state index in [4.69, 9.17) is 9.47 Å². The second-order valence-corrected chi connectivity index (χ2v) is 8.45. The molecule has 8 nitrogen and oxygen atoms in total. The fourth-order valence-electron chi connectivity index (χ4n) is 3.42. The van der Waals surface area contributed by atoms with Gasteiger partial charge in [-0.2, -0.15) is 0 Å². The summed E-state index contributed by atoms with van der Waals surface area (Å²) in [5, 5.41) is 11.2. The van der Waals surface area contributed by atoms with Crippen LogP contribution in [0.25, 0.3) is 6.08 Å². The number of carbonyl (C=O) groups is 2. The Morgan fingerprint density at radius 2 is 1.77 bits per heavy atom. The molecule has 0 bridgehead atoms. The van der Waals surface area contributed by atoms with Crippen molar-refractivity contribution in [1.29, 1.82) is 0 Å². The number of nitro benzene ring substituents is 1. The van der Waals surface area contributed by atoms with E-state index >= 15 is 0 Å². The van der Waals surface area contributed by atoms with Crippen molar-refractivity contribution in [3.05, 3.63) is 104 Å². The van der Waals surface area contributed by atoms with Gasteiger partial charge in [0.1, 0.15) is 12.4 Å². The summed E-state index contributed by atoms with van der Waals surface area (Å²) in [4.78, 5) is 37.4. The van der Waals surface area contributed by atoms with Gasteiger partial charge in [0.15, 0.2) is 11.5 Å². The lowest BCUT2D eigenvalue weighted by molar-refractivity contribution is -0.385. The van der Waals surface area contributed by atoms with Gasteiger partial charge in [0.05, 0.1) is 35.1 Å². The number of amides is 2. The lowest BCUT2D eigenvalue weighted by atomic mass is 10.1. The third kappa shape index (κ3) is 5.33. The van der Waals surface area contributed by atoms with Crippen LogP contribution >= 0.6 is 11.8 Å². The van der Waals surface area contributed by atoms with Crippen LogP contribution < -0.4 is 9.47 Å². The van der Waals surface area contributed by atoms with Crippen LogP contribution in [0.1, 0.15) is 16.7 Å². The zero-order chi connectivity index (χ0) is 24.9. The number of methoxy groups -OCH3 is 1. The Bertz CT molecular complexity index is 1330. The maximum absolute atomic E-state index is 14.0. The molecule has 1 saturated heterocycles. The zero-order valence-corrected chi connectivity index (χ0v) is 19.3. The average Bonchev–Trinajstić information content (AvgIpc) is 3.12. The summed E-state index contributed by atoms with van der Waals surface area (Å²) in [6.07, 6.45) is 1.26. The van der Waals surface area contributed by atoms with Gasteiger partial charge in [0.25, 0.3) is 16.8 Å². The van der Waals surface area contributed by atoms with Gasteiger partial charge in [-0.3, -0.25) is 24.6 Å². The standard InChI is InChI=1S/C25H19FN2O6S/c1-33-21-11-18(20(28(31)32)13-22(21)34-15-16-7-3-2-4-8-16)12-23-24(29)27(25(30)35-23)14-17-9-5-6-10-19(17)26/h2-13H,14-15H2,1H3/b23-12+. The molecule has 0 spiro atoms. The van der Waals surface area contributed by atoms with Crippen LogP contribution in [0.5, 0.6) is 11.5 Å². The van der Waals surface area contributed by atoms with Crippen LogP contribution in [-0.4, -0.2) is 28.1 Å². The molecule has 0 aliphatic carbocycles. The first-order chi connectivity index (χ1) is 16.9. The van der Waals surface area contributed by atoms with E-state index < -0.39 is 21.9 Å². The van der Waals surface area contributed by atoms with E-state index in [1.165, 1.54) is 43.5 Å². The van der Waals surface area contributed by atoms with Gasteiger partial charge < -0.3 is 9.47 Å². The molecule has 35 heavy (non-hydrogen) atoms. The summed E-state index contributed by atoms with van der Waals surface area (Å²) in [5.41, 5.74) is 0.790. The molecule has 1 heterocycles. The predicted octanol–water partition coefficient (Wildman–Crippen LogP) is 5.56. The third-order valence-electron chi connectivity index (χ3n) is 5.19. The topological polar surface area (TPSA) is 99.0 Å². The molecule has 1 fully saturated rings. The van der Waals surface area contributed by atoms with Crippen LogP contribution in [0.4, 0.5) is 14.9 Å². The highest BCUT2D eigenvalue weighted by Gasteiger charge is 2.36. The van der Waals surface area contributed by atoms with Gasteiger partial charge in [-0.15, -0.1) is 0 Å². The number of hydrogen-bond donors (Lipinski definition) is 0.